The minimum Gasteiger partial charge on any atom is -0.431 e. The van der Waals surface area contributed by atoms with E-state index < -0.39 is 0 Å². The lowest BCUT2D eigenvalue weighted by molar-refractivity contribution is 0.489. The molecule has 0 saturated heterocycles. The number of benzene rings is 1. The Labute approximate surface area is 126 Å². The van der Waals surface area contributed by atoms with Crippen LogP contribution >= 0.6 is 11.8 Å². The number of nitrogens with one attached hydrogen (secondary N) is 1. The van der Waals surface area contributed by atoms with E-state index in [9.17, 15) is 0 Å². The van der Waals surface area contributed by atoms with Crippen LogP contribution in [0.15, 0.2) is 45.0 Å². The molecule has 21 heavy (non-hydrogen) atoms. The molecule has 0 bridgehead atoms. The van der Waals surface area contributed by atoms with Crippen molar-refractivity contribution in [3.05, 3.63) is 36.2 Å². The highest BCUT2D eigenvalue weighted by molar-refractivity contribution is 7.99. The second-order valence-electron chi connectivity index (χ2n) is 4.80. The lowest BCUT2D eigenvalue weighted by atomic mass is 10.2. The average molecular weight is 301 g/mol. The third-order valence-electron chi connectivity index (χ3n) is 2.85. The number of hydrazine groups is 1. The number of hydrogen-bond donors (Lipinski definition) is 2. The van der Waals surface area contributed by atoms with Crippen LogP contribution in [0, 0.1) is 0 Å². The van der Waals surface area contributed by atoms with Crippen LogP contribution in [-0.4, -0.2) is 15.0 Å². The highest BCUT2D eigenvalue weighted by atomic mass is 32.2. The first-order valence-corrected chi connectivity index (χ1v) is 7.36. The maximum atomic E-state index is 5.69. The van der Waals surface area contributed by atoms with E-state index in [1.807, 2.05) is 38.1 Å². The summed E-state index contributed by atoms with van der Waals surface area (Å²) in [5, 5.41) is 1.29. The number of oxazole rings is 1. The first-order valence-electron chi connectivity index (χ1n) is 6.54. The topological polar surface area (TPSA) is 89.9 Å². The third kappa shape index (κ3) is 2.98. The van der Waals surface area contributed by atoms with E-state index >= 15 is 0 Å². The van der Waals surface area contributed by atoms with Crippen molar-refractivity contribution >= 4 is 28.7 Å². The molecule has 6 nitrogen and oxygen atoms in total. The Morgan fingerprint density at radius 1 is 1.19 bits per heavy atom. The van der Waals surface area contributed by atoms with Crippen LogP contribution in [0.5, 0.6) is 0 Å². The summed E-state index contributed by atoms with van der Waals surface area (Å²) in [5.74, 6) is 6.97. The number of nitrogens with two attached hydrogens (primary N) is 1. The van der Waals surface area contributed by atoms with Gasteiger partial charge in [0.1, 0.15) is 22.2 Å². The molecule has 7 heteroatoms. The van der Waals surface area contributed by atoms with Crippen molar-refractivity contribution < 1.29 is 4.42 Å². The molecule has 0 amide bonds. The van der Waals surface area contributed by atoms with Gasteiger partial charge in [0.05, 0.1) is 0 Å². The van der Waals surface area contributed by atoms with Gasteiger partial charge in [0.15, 0.2) is 5.58 Å². The SMILES string of the molecule is CC(C)c1nc(NN)cc(Sc2nc3ccccc3o2)n1. The second-order valence-corrected chi connectivity index (χ2v) is 5.77. The predicted octanol–water partition coefficient (Wildman–Crippen LogP) is 3.18. The molecular weight excluding hydrogens is 286 g/mol. The Balaban J connectivity index is 1.94. The third-order valence-corrected chi connectivity index (χ3v) is 3.62. The maximum absolute atomic E-state index is 5.69. The molecule has 3 rings (SSSR count). The average Bonchev–Trinajstić information content (AvgIpc) is 2.88. The maximum Gasteiger partial charge on any atom is 0.263 e. The van der Waals surface area contributed by atoms with Gasteiger partial charge >= 0.3 is 0 Å². The van der Waals surface area contributed by atoms with Crippen molar-refractivity contribution in [3.63, 3.8) is 0 Å². The summed E-state index contributed by atoms with van der Waals surface area (Å²) in [7, 11) is 0. The van der Waals surface area contributed by atoms with Crippen LogP contribution in [0.1, 0.15) is 25.6 Å². The van der Waals surface area contributed by atoms with E-state index in [1.165, 1.54) is 11.8 Å². The number of nitrogen functional groups attached to an aromatic ring is 1. The molecular formula is C14H15N5OS. The fourth-order valence-electron chi connectivity index (χ4n) is 1.81. The van der Waals surface area contributed by atoms with Gasteiger partial charge in [-0.15, -0.1) is 0 Å². The molecule has 0 spiro atoms. The Kier molecular flexibility index (Phi) is 3.76. The number of nitrogens with zero attached hydrogens (tertiary/aromatic N) is 3. The quantitative estimate of drug-likeness (QED) is 0.434. The smallest absolute Gasteiger partial charge is 0.263 e. The molecule has 1 aromatic carbocycles. The fourth-order valence-corrected chi connectivity index (χ4v) is 2.58. The first-order chi connectivity index (χ1) is 10.2. The molecule has 0 radical (unpaired) electrons. The Morgan fingerprint density at radius 3 is 2.71 bits per heavy atom. The van der Waals surface area contributed by atoms with Crippen molar-refractivity contribution in [3.8, 4) is 0 Å². The number of fused-ring (bicyclic) bond motifs is 1. The van der Waals surface area contributed by atoms with E-state index in [0.717, 1.165) is 22.0 Å². The molecule has 0 aliphatic carbocycles. The van der Waals surface area contributed by atoms with E-state index in [1.54, 1.807) is 6.07 Å². The number of rotatable bonds is 4. The van der Waals surface area contributed by atoms with Gasteiger partial charge in [0, 0.05) is 12.0 Å². The molecule has 0 atom stereocenters. The minimum atomic E-state index is 0.210. The van der Waals surface area contributed by atoms with Crippen LogP contribution in [0.3, 0.4) is 0 Å². The zero-order valence-electron chi connectivity index (χ0n) is 11.7. The standard InChI is InChI=1S/C14H15N5OS/c1-8(2)13-17-11(19-15)7-12(18-13)21-14-16-9-5-3-4-6-10(9)20-14/h3-8H,15H2,1-2H3,(H,17,18,19). The summed E-state index contributed by atoms with van der Waals surface area (Å²) in [5.41, 5.74) is 4.15. The number of anilines is 1. The van der Waals surface area contributed by atoms with Crippen LogP contribution < -0.4 is 11.3 Å². The van der Waals surface area contributed by atoms with Crippen molar-refractivity contribution in [2.45, 2.75) is 30.0 Å². The van der Waals surface area contributed by atoms with Gasteiger partial charge in [-0.25, -0.2) is 20.8 Å². The van der Waals surface area contributed by atoms with E-state index in [2.05, 4.69) is 20.4 Å². The van der Waals surface area contributed by atoms with Crippen molar-refractivity contribution in [1.29, 1.82) is 0 Å². The predicted molar refractivity (Wildman–Crippen MR) is 82.1 cm³/mol. The van der Waals surface area contributed by atoms with E-state index in [0.29, 0.717) is 11.0 Å². The number of aromatic nitrogens is 3. The molecule has 0 aliphatic heterocycles. The monoisotopic (exact) mass is 301 g/mol. The van der Waals surface area contributed by atoms with E-state index in [4.69, 9.17) is 10.3 Å². The first kappa shape index (κ1) is 13.8. The minimum absolute atomic E-state index is 0.210. The van der Waals surface area contributed by atoms with Crippen molar-refractivity contribution in [2.75, 3.05) is 5.43 Å². The molecule has 3 N–H and O–H groups in total. The Hall–Kier alpha value is -2.12. The summed E-state index contributed by atoms with van der Waals surface area (Å²) < 4.78 is 5.69. The van der Waals surface area contributed by atoms with Gasteiger partial charge in [-0.1, -0.05) is 26.0 Å². The summed E-state index contributed by atoms with van der Waals surface area (Å²) in [4.78, 5) is 13.2. The van der Waals surface area contributed by atoms with Crippen molar-refractivity contribution in [2.24, 2.45) is 5.84 Å². The summed E-state index contributed by atoms with van der Waals surface area (Å²) in [6, 6.07) is 9.41. The van der Waals surface area contributed by atoms with Gasteiger partial charge < -0.3 is 9.84 Å². The van der Waals surface area contributed by atoms with Crippen LogP contribution in [0.4, 0.5) is 5.82 Å². The number of hydrogen-bond acceptors (Lipinski definition) is 7. The Morgan fingerprint density at radius 2 is 2.00 bits per heavy atom. The van der Waals surface area contributed by atoms with Crippen LogP contribution in [0.2, 0.25) is 0 Å². The molecule has 3 aromatic rings. The van der Waals surface area contributed by atoms with Gasteiger partial charge in [-0.05, 0) is 23.9 Å². The second kappa shape index (κ2) is 5.71. The molecule has 0 saturated carbocycles. The lowest BCUT2D eigenvalue weighted by Crippen LogP contribution is -2.11. The summed E-state index contributed by atoms with van der Waals surface area (Å²) in [6.45, 7) is 4.06. The number of para-hydroxylation sites is 2. The summed E-state index contributed by atoms with van der Waals surface area (Å²) in [6.07, 6.45) is 0. The molecule has 108 valence electrons. The molecule has 0 aliphatic rings. The molecule has 0 fully saturated rings. The zero-order chi connectivity index (χ0) is 14.8. The molecule has 2 heterocycles. The molecule has 0 unspecified atom stereocenters. The van der Waals surface area contributed by atoms with Gasteiger partial charge in [-0.3, -0.25) is 0 Å². The lowest BCUT2D eigenvalue weighted by Gasteiger charge is -2.08. The van der Waals surface area contributed by atoms with Gasteiger partial charge in [0.25, 0.3) is 5.22 Å². The summed E-state index contributed by atoms with van der Waals surface area (Å²) >= 11 is 1.35. The highest BCUT2D eigenvalue weighted by Crippen LogP contribution is 2.30. The molecule has 2 aromatic heterocycles. The van der Waals surface area contributed by atoms with Crippen LogP contribution in [-0.2, 0) is 0 Å². The highest BCUT2D eigenvalue weighted by Gasteiger charge is 2.12. The van der Waals surface area contributed by atoms with Crippen LogP contribution in [0.25, 0.3) is 11.1 Å². The normalized spacial score (nSPS) is 11.2. The zero-order valence-corrected chi connectivity index (χ0v) is 12.5. The fraction of sp³-hybridized carbons (Fsp3) is 0.214. The van der Waals surface area contributed by atoms with Crippen molar-refractivity contribution in [1.82, 2.24) is 15.0 Å². The van der Waals surface area contributed by atoms with Gasteiger partial charge in [-0.2, -0.15) is 0 Å². The Bertz CT molecular complexity index is 738. The van der Waals surface area contributed by atoms with E-state index in [-0.39, 0.29) is 5.92 Å². The van der Waals surface area contributed by atoms with Gasteiger partial charge in [0.2, 0.25) is 0 Å². The largest absolute Gasteiger partial charge is 0.431 e.